The second-order valence-electron chi connectivity index (χ2n) is 5.99. The van der Waals surface area contributed by atoms with Gasteiger partial charge in [0.25, 0.3) is 0 Å². The number of carbonyl (C=O) groups is 2. The summed E-state index contributed by atoms with van der Waals surface area (Å²) in [5, 5.41) is 5.63. The summed E-state index contributed by atoms with van der Waals surface area (Å²) < 4.78 is 5.19. The smallest absolute Gasteiger partial charge is 0.337 e. The Morgan fingerprint density at radius 1 is 1.36 bits per heavy atom. The Morgan fingerprint density at radius 3 is 2.77 bits per heavy atom. The van der Waals surface area contributed by atoms with Crippen molar-refractivity contribution in [1.29, 1.82) is 0 Å². The van der Waals surface area contributed by atoms with Gasteiger partial charge >= 0.3 is 12.0 Å². The molecule has 2 aliphatic rings. The maximum absolute atomic E-state index is 12.3. The first-order valence-corrected chi connectivity index (χ1v) is 8.28. The number of nitrogens with one attached hydrogen (secondary N) is 2. The first-order chi connectivity index (χ1) is 10.6. The summed E-state index contributed by atoms with van der Waals surface area (Å²) in [4.78, 5) is 26.5. The Bertz CT molecular complexity index is 462. The average molecular weight is 309 g/mol. The van der Waals surface area contributed by atoms with Gasteiger partial charge in [-0.15, -0.1) is 0 Å². The van der Waals surface area contributed by atoms with Gasteiger partial charge in [0.05, 0.1) is 18.2 Å². The Balaban J connectivity index is 2.26. The minimum atomic E-state index is -0.332. The normalized spacial score (nSPS) is 26.4. The van der Waals surface area contributed by atoms with Crippen LogP contribution < -0.4 is 10.6 Å². The number of esters is 1. The lowest BCUT2D eigenvalue weighted by atomic mass is 9.98. The number of hydrogen-bond donors (Lipinski definition) is 2. The Labute approximate surface area is 132 Å². The molecule has 0 aliphatic carbocycles. The molecule has 22 heavy (non-hydrogen) atoms. The SMILES string of the molecule is CCOC(=O)C1=C(CN2CCCC[C@H]2C)NC(=O)N[C@H]1CC. The van der Waals surface area contributed by atoms with E-state index < -0.39 is 0 Å². The zero-order chi connectivity index (χ0) is 16.1. The fourth-order valence-electron chi connectivity index (χ4n) is 3.18. The molecule has 0 saturated carbocycles. The highest BCUT2D eigenvalue weighted by Gasteiger charge is 2.33. The van der Waals surface area contributed by atoms with Gasteiger partial charge in [-0.3, -0.25) is 4.90 Å². The fourth-order valence-corrected chi connectivity index (χ4v) is 3.18. The third-order valence-electron chi connectivity index (χ3n) is 4.45. The topological polar surface area (TPSA) is 70.7 Å². The highest BCUT2D eigenvalue weighted by Crippen LogP contribution is 2.22. The molecule has 2 amide bonds. The summed E-state index contributed by atoms with van der Waals surface area (Å²) >= 11 is 0. The highest BCUT2D eigenvalue weighted by atomic mass is 16.5. The van der Waals surface area contributed by atoms with Crippen molar-refractivity contribution in [3.05, 3.63) is 11.3 Å². The van der Waals surface area contributed by atoms with Crippen LogP contribution in [0, 0.1) is 0 Å². The van der Waals surface area contributed by atoms with E-state index in [4.69, 9.17) is 4.74 Å². The summed E-state index contributed by atoms with van der Waals surface area (Å²) in [6, 6.07) is -0.0426. The maximum atomic E-state index is 12.3. The summed E-state index contributed by atoms with van der Waals surface area (Å²) in [5.74, 6) is -0.332. The van der Waals surface area contributed by atoms with Crippen molar-refractivity contribution in [1.82, 2.24) is 15.5 Å². The van der Waals surface area contributed by atoms with Crippen LogP contribution in [0.1, 0.15) is 46.5 Å². The van der Waals surface area contributed by atoms with E-state index in [9.17, 15) is 9.59 Å². The molecule has 0 aromatic carbocycles. The van der Waals surface area contributed by atoms with Crippen molar-refractivity contribution in [2.45, 2.75) is 58.5 Å². The highest BCUT2D eigenvalue weighted by molar-refractivity contribution is 5.94. The lowest BCUT2D eigenvalue weighted by Crippen LogP contribution is -2.53. The van der Waals surface area contributed by atoms with E-state index in [1.54, 1.807) is 6.92 Å². The van der Waals surface area contributed by atoms with Crippen molar-refractivity contribution in [2.24, 2.45) is 0 Å². The molecule has 0 unspecified atom stereocenters. The number of nitrogens with zero attached hydrogens (tertiary/aromatic N) is 1. The molecule has 2 aliphatic heterocycles. The molecule has 0 radical (unpaired) electrons. The molecule has 0 aromatic rings. The van der Waals surface area contributed by atoms with Crippen LogP contribution in [-0.4, -0.2) is 48.7 Å². The van der Waals surface area contributed by atoms with E-state index in [1.165, 1.54) is 6.42 Å². The van der Waals surface area contributed by atoms with E-state index >= 15 is 0 Å². The molecule has 6 nitrogen and oxygen atoms in total. The predicted octanol–water partition coefficient (Wildman–Crippen LogP) is 1.77. The third-order valence-corrected chi connectivity index (χ3v) is 4.45. The lowest BCUT2D eigenvalue weighted by molar-refractivity contribution is -0.139. The minimum absolute atomic E-state index is 0.237. The Morgan fingerprint density at radius 2 is 2.14 bits per heavy atom. The van der Waals surface area contributed by atoms with E-state index in [-0.39, 0.29) is 18.0 Å². The van der Waals surface area contributed by atoms with Crippen LogP contribution in [0.4, 0.5) is 4.79 Å². The van der Waals surface area contributed by atoms with Gasteiger partial charge < -0.3 is 15.4 Å². The molecular formula is C16H27N3O3. The standard InChI is InChI=1S/C16H27N3O3/c1-4-12-14(15(20)22-5-2)13(18-16(21)17-12)10-19-9-7-6-8-11(19)3/h11-12H,4-10H2,1-3H3,(H2,17,18,21)/t11-,12+/m1/s1. The molecule has 2 atom stereocenters. The first kappa shape index (κ1) is 16.8. The quantitative estimate of drug-likeness (QED) is 0.759. The number of likely N-dealkylation sites (tertiary alicyclic amines) is 1. The molecule has 1 saturated heterocycles. The van der Waals surface area contributed by atoms with Crippen molar-refractivity contribution in [3.8, 4) is 0 Å². The zero-order valence-electron chi connectivity index (χ0n) is 13.8. The van der Waals surface area contributed by atoms with Gasteiger partial charge in [0.1, 0.15) is 0 Å². The number of hydrogen-bond acceptors (Lipinski definition) is 4. The van der Waals surface area contributed by atoms with Gasteiger partial charge in [0, 0.05) is 18.3 Å². The van der Waals surface area contributed by atoms with Gasteiger partial charge in [0.15, 0.2) is 0 Å². The van der Waals surface area contributed by atoms with E-state index in [1.807, 2.05) is 6.92 Å². The zero-order valence-corrected chi connectivity index (χ0v) is 13.8. The van der Waals surface area contributed by atoms with Gasteiger partial charge in [-0.2, -0.15) is 0 Å². The van der Waals surface area contributed by atoms with Crippen LogP contribution in [-0.2, 0) is 9.53 Å². The van der Waals surface area contributed by atoms with E-state index in [0.29, 0.717) is 36.9 Å². The monoisotopic (exact) mass is 309 g/mol. The molecule has 2 rings (SSSR count). The lowest BCUT2D eigenvalue weighted by Gasteiger charge is -2.36. The Kier molecular flexibility index (Phi) is 5.83. The van der Waals surface area contributed by atoms with Crippen molar-refractivity contribution in [2.75, 3.05) is 19.7 Å². The van der Waals surface area contributed by atoms with Crippen LogP contribution >= 0.6 is 0 Å². The molecule has 0 spiro atoms. The second kappa shape index (κ2) is 7.63. The number of carbonyl (C=O) groups excluding carboxylic acids is 2. The third kappa shape index (κ3) is 3.80. The summed E-state index contributed by atoms with van der Waals surface area (Å²) in [6.45, 7) is 7.88. The van der Waals surface area contributed by atoms with Gasteiger partial charge in [-0.25, -0.2) is 9.59 Å². The molecule has 124 valence electrons. The first-order valence-electron chi connectivity index (χ1n) is 8.28. The van der Waals surface area contributed by atoms with Gasteiger partial charge in [0.2, 0.25) is 0 Å². The van der Waals surface area contributed by atoms with Crippen molar-refractivity contribution >= 4 is 12.0 Å². The van der Waals surface area contributed by atoms with Crippen molar-refractivity contribution in [3.63, 3.8) is 0 Å². The molecule has 2 N–H and O–H groups in total. The number of ether oxygens (including phenoxy) is 1. The van der Waals surface area contributed by atoms with Crippen LogP contribution in [0.2, 0.25) is 0 Å². The molecular weight excluding hydrogens is 282 g/mol. The largest absolute Gasteiger partial charge is 0.463 e. The van der Waals surface area contributed by atoms with Crippen LogP contribution in [0.15, 0.2) is 11.3 Å². The average Bonchev–Trinajstić information content (AvgIpc) is 2.49. The molecule has 1 fully saturated rings. The number of amides is 2. The van der Waals surface area contributed by atoms with Crippen LogP contribution in [0.25, 0.3) is 0 Å². The van der Waals surface area contributed by atoms with E-state index in [0.717, 1.165) is 19.4 Å². The molecule has 2 heterocycles. The summed E-state index contributed by atoms with van der Waals surface area (Å²) in [5.41, 5.74) is 1.27. The van der Waals surface area contributed by atoms with Gasteiger partial charge in [-0.05, 0) is 39.7 Å². The minimum Gasteiger partial charge on any atom is -0.463 e. The fraction of sp³-hybridized carbons (Fsp3) is 0.750. The van der Waals surface area contributed by atoms with E-state index in [2.05, 4.69) is 22.5 Å². The number of urea groups is 1. The second-order valence-corrected chi connectivity index (χ2v) is 5.99. The Hall–Kier alpha value is -1.56. The molecule has 6 heteroatoms. The molecule has 0 aromatic heterocycles. The predicted molar refractivity (Wildman–Crippen MR) is 84.3 cm³/mol. The van der Waals surface area contributed by atoms with Gasteiger partial charge in [-0.1, -0.05) is 13.3 Å². The van der Waals surface area contributed by atoms with Crippen LogP contribution in [0.3, 0.4) is 0 Å². The molecule has 0 bridgehead atoms. The van der Waals surface area contributed by atoms with Crippen LogP contribution in [0.5, 0.6) is 0 Å². The van der Waals surface area contributed by atoms with Crippen molar-refractivity contribution < 1.29 is 14.3 Å². The summed E-state index contributed by atoms with van der Waals surface area (Å²) in [6.07, 6.45) is 4.23. The summed E-state index contributed by atoms with van der Waals surface area (Å²) in [7, 11) is 0. The maximum Gasteiger partial charge on any atom is 0.337 e. The number of piperidine rings is 1. The number of rotatable bonds is 5.